The molecule has 0 saturated carbocycles. The monoisotopic (exact) mass is 386 g/mol. The van der Waals surface area contributed by atoms with Crippen LogP contribution < -0.4 is 4.74 Å². The molecule has 0 spiro atoms. The summed E-state index contributed by atoms with van der Waals surface area (Å²) in [6.07, 6.45) is 0. The van der Waals surface area contributed by atoms with Crippen molar-refractivity contribution >= 4 is 59.6 Å². The van der Waals surface area contributed by atoms with E-state index in [1.807, 2.05) is 25.1 Å². The van der Waals surface area contributed by atoms with Gasteiger partial charge in [0.2, 0.25) is 0 Å². The minimum atomic E-state index is -0.119. The van der Waals surface area contributed by atoms with Crippen LogP contribution in [0.15, 0.2) is 40.2 Å². The van der Waals surface area contributed by atoms with Crippen molar-refractivity contribution in [2.75, 3.05) is 6.61 Å². The van der Waals surface area contributed by atoms with Crippen LogP contribution in [-0.2, 0) is 0 Å². The number of hydrogen-bond donors (Lipinski definition) is 0. The van der Waals surface area contributed by atoms with Gasteiger partial charge in [0.1, 0.15) is 5.75 Å². The largest absolute Gasteiger partial charge is 0.493 e. The second-order valence-electron chi connectivity index (χ2n) is 4.28. The van der Waals surface area contributed by atoms with Crippen LogP contribution in [0.5, 0.6) is 5.75 Å². The standard InChI is InChI=1S/C15H12BrClOS2/c1-2-18-11-4-3-9(7-10(11)16)15(17)14-8-13-12(20-14)5-6-19-13/h3-8,15H,2H2,1H3. The molecule has 1 atom stereocenters. The first kappa shape index (κ1) is 14.4. The van der Waals surface area contributed by atoms with E-state index in [1.165, 1.54) is 14.3 Å². The van der Waals surface area contributed by atoms with Crippen molar-refractivity contribution in [2.45, 2.75) is 12.3 Å². The highest BCUT2D eigenvalue weighted by Gasteiger charge is 2.16. The molecule has 5 heteroatoms. The number of thiophene rings is 2. The lowest BCUT2D eigenvalue weighted by molar-refractivity contribution is 0.338. The Balaban J connectivity index is 1.91. The molecule has 0 amide bonds. The van der Waals surface area contributed by atoms with Crippen LogP contribution in [0.25, 0.3) is 9.40 Å². The van der Waals surface area contributed by atoms with Crippen LogP contribution in [-0.4, -0.2) is 6.61 Å². The van der Waals surface area contributed by atoms with Gasteiger partial charge in [0.15, 0.2) is 0 Å². The Labute approximate surface area is 139 Å². The molecular weight excluding hydrogens is 376 g/mol. The van der Waals surface area contributed by atoms with Crippen LogP contribution in [0.1, 0.15) is 22.7 Å². The van der Waals surface area contributed by atoms with E-state index in [0.717, 1.165) is 15.8 Å². The molecule has 2 heterocycles. The van der Waals surface area contributed by atoms with Gasteiger partial charge in [0.25, 0.3) is 0 Å². The molecule has 0 aliphatic rings. The number of halogens is 2. The summed E-state index contributed by atoms with van der Waals surface area (Å²) in [6.45, 7) is 2.63. The average molecular weight is 388 g/mol. The van der Waals surface area contributed by atoms with Gasteiger partial charge >= 0.3 is 0 Å². The van der Waals surface area contributed by atoms with Gasteiger partial charge in [-0.3, -0.25) is 0 Å². The van der Waals surface area contributed by atoms with Crippen LogP contribution in [0.3, 0.4) is 0 Å². The Hall–Kier alpha value is -0.550. The molecule has 0 radical (unpaired) electrons. The van der Waals surface area contributed by atoms with E-state index >= 15 is 0 Å². The van der Waals surface area contributed by atoms with Crippen molar-refractivity contribution in [3.05, 3.63) is 50.6 Å². The summed E-state index contributed by atoms with van der Waals surface area (Å²) in [5.41, 5.74) is 1.08. The topological polar surface area (TPSA) is 9.23 Å². The lowest BCUT2D eigenvalue weighted by Crippen LogP contribution is -1.95. The average Bonchev–Trinajstić information content (AvgIpc) is 3.01. The van der Waals surface area contributed by atoms with Gasteiger partial charge in [-0.1, -0.05) is 6.07 Å². The third kappa shape index (κ3) is 2.75. The van der Waals surface area contributed by atoms with E-state index in [0.29, 0.717) is 6.61 Å². The first-order valence-electron chi connectivity index (χ1n) is 6.22. The number of benzene rings is 1. The first-order chi connectivity index (χ1) is 9.69. The van der Waals surface area contributed by atoms with Crippen LogP contribution in [0.2, 0.25) is 0 Å². The number of fused-ring (bicyclic) bond motifs is 1. The number of alkyl halides is 1. The van der Waals surface area contributed by atoms with Gasteiger partial charge in [0, 0.05) is 14.3 Å². The Kier molecular flexibility index (Phi) is 4.36. The van der Waals surface area contributed by atoms with Gasteiger partial charge in [0.05, 0.1) is 16.5 Å². The Morgan fingerprint density at radius 2 is 2.10 bits per heavy atom. The lowest BCUT2D eigenvalue weighted by atomic mass is 10.1. The zero-order valence-corrected chi connectivity index (χ0v) is 14.7. The maximum atomic E-state index is 6.61. The smallest absolute Gasteiger partial charge is 0.133 e. The fourth-order valence-corrected chi connectivity index (χ4v) is 4.99. The third-order valence-corrected chi connectivity index (χ3v) is 6.35. The molecule has 3 rings (SSSR count). The van der Waals surface area contributed by atoms with Gasteiger partial charge in [-0.05, 0) is 58.1 Å². The highest BCUT2D eigenvalue weighted by Crippen LogP contribution is 2.40. The predicted octanol–water partition coefficient (Wildman–Crippen LogP) is 6.45. The van der Waals surface area contributed by atoms with Crippen LogP contribution in [0, 0.1) is 0 Å². The van der Waals surface area contributed by atoms with Crippen molar-refractivity contribution in [3.63, 3.8) is 0 Å². The van der Waals surface area contributed by atoms with E-state index < -0.39 is 0 Å². The second-order valence-corrected chi connectivity index (χ2v) is 7.64. The normalized spacial score (nSPS) is 12.8. The minimum absolute atomic E-state index is 0.119. The molecule has 20 heavy (non-hydrogen) atoms. The maximum Gasteiger partial charge on any atom is 0.133 e. The fraction of sp³-hybridized carbons (Fsp3) is 0.200. The molecule has 0 aliphatic carbocycles. The van der Waals surface area contributed by atoms with Crippen LogP contribution in [0.4, 0.5) is 0 Å². The quantitative estimate of drug-likeness (QED) is 0.467. The van der Waals surface area contributed by atoms with E-state index in [4.69, 9.17) is 16.3 Å². The van der Waals surface area contributed by atoms with Gasteiger partial charge in [-0.2, -0.15) is 0 Å². The van der Waals surface area contributed by atoms with Crippen molar-refractivity contribution in [1.29, 1.82) is 0 Å². The number of hydrogen-bond acceptors (Lipinski definition) is 3. The number of ether oxygens (including phenoxy) is 1. The summed E-state index contributed by atoms with van der Waals surface area (Å²) < 4.78 is 9.08. The lowest BCUT2D eigenvalue weighted by Gasteiger charge is -2.11. The molecule has 0 aliphatic heterocycles. The van der Waals surface area contributed by atoms with Gasteiger partial charge < -0.3 is 4.74 Å². The Bertz CT molecular complexity index is 706. The number of rotatable bonds is 4. The molecule has 0 N–H and O–H groups in total. The highest BCUT2D eigenvalue weighted by molar-refractivity contribution is 9.10. The third-order valence-electron chi connectivity index (χ3n) is 2.96. The summed E-state index contributed by atoms with van der Waals surface area (Å²) in [6, 6.07) is 10.4. The molecule has 0 saturated heterocycles. The minimum Gasteiger partial charge on any atom is -0.493 e. The van der Waals surface area contributed by atoms with Gasteiger partial charge in [-0.15, -0.1) is 34.3 Å². The fourth-order valence-electron chi connectivity index (χ4n) is 2.02. The zero-order chi connectivity index (χ0) is 14.1. The van der Waals surface area contributed by atoms with Crippen molar-refractivity contribution in [3.8, 4) is 5.75 Å². The molecule has 2 aromatic heterocycles. The molecular formula is C15H12BrClOS2. The van der Waals surface area contributed by atoms with Crippen molar-refractivity contribution in [2.24, 2.45) is 0 Å². The highest BCUT2D eigenvalue weighted by atomic mass is 79.9. The van der Waals surface area contributed by atoms with E-state index in [-0.39, 0.29) is 5.38 Å². The van der Waals surface area contributed by atoms with E-state index in [9.17, 15) is 0 Å². The van der Waals surface area contributed by atoms with E-state index in [2.05, 4.69) is 33.4 Å². The summed E-state index contributed by atoms with van der Waals surface area (Å²) in [5.74, 6) is 0.854. The SMILES string of the molecule is CCOc1ccc(C(Cl)c2cc3sccc3s2)cc1Br. The molecule has 104 valence electrons. The molecule has 1 aromatic carbocycles. The summed E-state index contributed by atoms with van der Waals surface area (Å²) in [4.78, 5) is 1.18. The summed E-state index contributed by atoms with van der Waals surface area (Å²) in [7, 11) is 0. The molecule has 0 fully saturated rings. The summed E-state index contributed by atoms with van der Waals surface area (Å²) >= 11 is 13.7. The second kappa shape index (κ2) is 6.06. The predicted molar refractivity (Wildman–Crippen MR) is 92.7 cm³/mol. The van der Waals surface area contributed by atoms with Crippen molar-refractivity contribution < 1.29 is 4.74 Å². The Morgan fingerprint density at radius 3 is 2.80 bits per heavy atom. The molecule has 1 nitrogen and oxygen atoms in total. The zero-order valence-electron chi connectivity index (χ0n) is 10.7. The maximum absolute atomic E-state index is 6.61. The van der Waals surface area contributed by atoms with Crippen molar-refractivity contribution in [1.82, 2.24) is 0 Å². The Morgan fingerprint density at radius 1 is 1.25 bits per heavy atom. The summed E-state index contributed by atoms with van der Waals surface area (Å²) in [5, 5.41) is 1.99. The first-order valence-corrected chi connectivity index (χ1v) is 9.15. The van der Waals surface area contributed by atoms with Crippen LogP contribution >= 0.6 is 50.2 Å². The molecule has 1 unspecified atom stereocenters. The molecule has 0 bridgehead atoms. The molecule has 3 aromatic rings. The van der Waals surface area contributed by atoms with E-state index in [1.54, 1.807) is 22.7 Å². The van der Waals surface area contributed by atoms with Gasteiger partial charge in [-0.25, -0.2) is 0 Å².